The molecule has 1 aliphatic rings. The van der Waals surface area contributed by atoms with E-state index in [2.05, 4.69) is 15.3 Å². The Bertz CT molecular complexity index is 1450. The minimum atomic E-state index is -3.62. The van der Waals surface area contributed by atoms with Crippen LogP contribution >= 0.6 is 0 Å². The number of hydrogen-bond donors (Lipinski definition) is 2. The van der Waals surface area contributed by atoms with Gasteiger partial charge in [0, 0.05) is 24.7 Å². The van der Waals surface area contributed by atoms with Gasteiger partial charge in [0.2, 0.25) is 10.0 Å². The number of carbonyl (C=O) groups excluding carboxylic acids is 2. The van der Waals surface area contributed by atoms with Crippen molar-refractivity contribution in [2.45, 2.75) is 52.2 Å². The van der Waals surface area contributed by atoms with Crippen LogP contribution in [0, 0.1) is 0 Å². The molecule has 0 aliphatic carbocycles. The monoisotopic (exact) mass is 526 g/mol. The van der Waals surface area contributed by atoms with Crippen molar-refractivity contribution in [1.29, 1.82) is 0 Å². The van der Waals surface area contributed by atoms with Crippen LogP contribution in [0.5, 0.6) is 5.75 Å². The molecule has 0 unspecified atom stereocenters. The summed E-state index contributed by atoms with van der Waals surface area (Å²) in [5.74, 6) is -1.48. The van der Waals surface area contributed by atoms with E-state index < -0.39 is 33.3 Å². The molecule has 3 heterocycles. The van der Waals surface area contributed by atoms with Crippen molar-refractivity contribution >= 4 is 38.6 Å². The van der Waals surface area contributed by atoms with Crippen molar-refractivity contribution < 1.29 is 27.9 Å². The van der Waals surface area contributed by atoms with Gasteiger partial charge in [-0.05, 0) is 56.9 Å². The highest BCUT2D eigenvalue weighted by Crippen LogP contribution is 2.35. The van der Waals surface area contributed by atoms with Gasteiger partial charge < -0.3 is 15.2 Å². The highest BCUT2D eigenvalue weighted by Gasteiger charge is 2.31. The van der Waals surface area contributed by atoms with Gasteiger partial charge in [0.25, 0.3) is 5.91 Å². The molecule has 2 aromatic heterocycles. The molecule has 1 amide bonds. The fourth-order valence-corrected chi connectivity index (χ4v) is 5.77. The quantitative estimate of drug-likeness (QED) is 0.467. The van der Waals surface area contributed by atoms with Gasteiger partial charge in [-0.3, -0.25) is 18.9 Å². The first-order valence-electron chi connectivity index (χ1n) is 12.0. The van der Waals surface area contributed by atoms with Gasteiger partial charge in [-0.1, -0.05) is 24.3 Å². The van der Waals surface area contributed by atoms with Crippen molar-refractivity contribution in [3.63, 3.8) is 0 Å². The number of sulfonamides is 1. The summed E-state index contributed by atoms with van der Waals surface area (Å²) < 4.78 is 32.2. The molecule has 3 aromatic rings. The molecule has 1 saturated heterocycles. The fourth-order valence-electron chi connectivity index (χ4n) is 4.18. The average Bonchev–Trinajstić information content (AvgIpc) is 2.83. The van der Waals surface area contributed by atoms with Crippen LogP contribution in [0.2, 0.25) is 0 Å². The van der Waals surface area contributed by atoms with Gasteiger partial charge >= 0.3 is 5.97 Å². The number of fused-ring (bicyclic) bond motifs is 1. The Labute approximate surface area is 215 Å². The summed E-state index contributed by atoms with van der Waals surface area (Å²) in [6.45, 7) is 5.65. The largest absolute Gasteiger partial charge is 0.504 e. The molecular formula is C26H30N4O6S. The van der Waals surface area contributed by atoms with Crippen LogP contribution < -0.4 is 9.62 Å². The molecule has 4 rings (SSSR count). The summed E-state index contributed by atoms with van der Waals surface area (Å²) in [5.41, 5.74) is 0.524. The lowest BCUT2D eigenvalue weighted by atomic mass is 10.0. The van der Waals surface area contributed by atoms with E-state index in [9.17, 15) is 23.1 Å². The summed E-state index contributed by atoms with van der Waals surface area (Å²) >= 11 is 0. The lowest BCUT2D eigenvalue weighted by molar-refractivity contribution is -0.153. The van der Waals surface area contributed by atoms with Gasteiger partial charge in [-0.15, -0.1) is 0 Å². The second-order valence-corrected chi connectivity index (χ2v) is 11.9. The molecule has 0 spiro atoms. The number of nitrogens with one attached hydrogen (secondary N) is 1. The zero-order chi connectivity index (χ0) is 26.8. The number of amides is 1. The first-order valence-corrected chi connectivity index (χ1v) is 13.6. The molecule has 1 aliphatic heterocycles. The average molecular weight is 527 g/mol. The summed E-state index contributed by atoms with van der Waals surface area (Å²) in [6, 6.07) is 10.4. The van der Waals surface area contributed by atoms with E-state index in [1.54, 1.807) is 57.2 Å². The summed E-state index contributed by atoms with van der Waals surface area (Å²) in [5, 5.41) is 13.9. The molecule has 0 bridgehead atoms. The second-order valence-electron chi connectivity index (χ2n) is 9.84. The van der Waals surface area contributed by atoms with E-state index in [0.29, 0.717) is 29.4 Å². The Morgan fingerprint density at radius 2 is 1.84 bits per heavy atom. The lowest BCUT2D eigenvalue weighted by Gasteiger charge is -2.28. The molecule has 0 radical (unpaired) electrons. The number of ether oxygens (including phenoxy) is 1. The maximum atomic E-state index is 13.2. The van der Waals surface area contributed by atoms with Crippen molar-refractivity contribution in [1.82, 2.24) is 15.3 Å². The molecule has 0 saturated carbocycles. The molecule has 37 heavy (non-hydrogen) atoms. The number of hydrogen-bond acceptors (Lipinski definition) is 8. The van der Waals surface area contributed by atoms with E-state index in [-0.39, 0.29) is 42.3 Å². The molecule has 0 atom stereocenters. The molecule has 10 nitrogen and oxygen atoms in total. The minimum Gasteiger partial charge on any atom is -0.504 e. The summed E-state index contributed by atoms with van der Waals surface area (Å²) in [7, 11) is -3.62. The number of esters is 1. The zero-order valence-corrected chi connectivity index (χ0v) is 21.8. The van der Waals surface area contributed by atoms with Crippen LogP contribution in [0.1, 0.15) is 55.2 Å². The number of pyridine rings is 2. The number of carbonyl (C=O) groups is 2. The molecule has 1 fully saturated rings. The van der Waals surface area contributed by atoms with Gasteiger partial charge in [0.15, 0.2) is 17.3 Å². The highest BCUT2D eigenvalue weighted by atomic mass is 32.2. The number of anilines is 1. The second kappa shape index (κ2) is 10.3. The van der Waals surface area contributed by atoms with Crippen molar-refractivity contribution in [3.05, 3.63) is 59.4 Å². The Hall–Kier alpha value is -3.73. The van der Waals surface area contributed by atoms with E-state index in [1.807, 2.05) is 0 Å². The Morgan fingerprint density at radius 3 is 2.54 bits per heavy atom. The number of benzene rings is 1. The van der Waals surface area contributed by atoms with Crippen LogP contribution in [0.15, 0.2) is 42.6 Å². The van der Waals surface area contributed by atoms with Crippen LogP contribution in [0.4, 0.5) is 5.82 Å². The van der Waals surface area contributed by atoms with Gasteiger partial charge in [0.05, 0.1) is 12.2 Å². The Balaban J connectivity index is 1.62. The molecule has 1 aromatic carbocycles. The summed E-state index contributed by atoms with van der Waals surface area (Å²) in [4.78, 5) is 34.0. The third-order valence-corrected chi connectivity index (χ3v) is 7.66. The van der Waals surface area contributed by atoms with Crippen LogP contribution in [-0.4, -0.2) is 53.3 Å². The normalized spacial score (nSPS) is 15.4. The van der Waals surface area contributed by atoms with E-state index >= 15 is 0 Å². The Morgan fingerprint density at radius 1 is 1.11 bits per heavy atom. The first kappa shape index (κ1) is 26.3. The van der Waals surface area contributed by atoms with Crippen LogP contribution in [0.3, 0.4) is 0 Å². The molecule has 2 N–H and O–H groups in total. The number of aromatic nitrogens is 2. The number of aromatic hydroxyl groups is 1. The van der Waals surface area contributed by atoms with E-state index in [1.165, 1.54) is 10.5 Å². The number of rotatable bonds is 6. The standard InChI is InChI=1S/C26H30N4O6S/c1-26(2,3)36-20(31)15-17-9-4-5-10-18(17)16-28-25(33)22-23(32)21-19(11-8-12-27-21)24(29-22)30-13-6-7-14-37(30,34)35/h4-5,8-12,32H,6-7,13-16H2,1-3H3,(H,28,33). The predicted octanol–water partition coefficient (Wildman–Crippen LogP) is 3.08. The van der Waals surface area contributed by atoms with Crippen LogP contribution in [0.25, 0.3) is 10.9 Å². The zero-order valence-electron chi connectivity index (χ0n) is 21.0. The van der Waals surface area contributed by atoms with Gasteiger partial charge in [-0.25, -0.2) is 13.4 Å². The molecular weight excluding hydrogens is 496 g/mol. The van der Waals surface area contributed by atoms with Gasteiger partial charge in [0.1, 0.15) is 11.1 Å². The third kappa shape index (κ3) is 5.99. The topological polar surface area (TPSA) is 139 Å². The summed E-state index contributed by atoms with van der Waals surface area (Å²) in [6.07, 6.45) is 2.68. The van der Waals surface area contributed by atoms with Gasteiger partial charge in [-0.2, -0.15) is 0 Å². The number of nitrogens with zero attached hydrogens (tertiary/aromatic N) is 3. The maximum Gasteiger partial charge on any atom is 0.310 e. The molecule has 196 valence electrons. The van der Waals surface area contributed by atoms with E-state index in [0.717, 1.165) is 0 Å². The lowest BCUT2D eigenvalue weighted by Crippen LogP contribution is -2.39. The maximum absolute atomic E-state index is 13.2. The molecule has 11 heteroatoms. The minimum absolute atomic E-state index is 0.0206. The van der Waals surface area contributed by atoms with Crippen molar-refractivity contribution in [3.8, 4) is 5.75 Å². The van der Waals surface area contributed by atoms with Crippen molar-refractivity contribution in [2.24, 2.45) is 0 Å². The van der Waals surface area contributed by atoms with Crippen molar-refractivity contribution in [2.75, 3.05) is 16.6 Å². The SMILES string of the molecule is CC(C)(C)OC(=O)Cc1ccccc1CNC(=O)c1nc(N2CCCCS2(=O)=O)c2cccnc2c1O. The first-order chi connectivity index (χ1) is 17.5. The third-order valence-electron chi connectivity index (χ3n) is 5.83. The van der Waals surface area contributed by atoms with E-state index in [4.69, 9.17) is 4.74 Å². The Kier molecular flexibility index (Phi) is 7.35. The smallest absolute Gasteiger partial charge is 0.310 e. The van der Waals surface area contributed by atoms with Crippen LogP contribution in [-0.2, 0) is 32.5 Å². The fraction of sp³-hybridized carbons (Fsp3) is 0.385. The highest BCUT2D eigenvalue weighted by molar-refractivity contribution is 7.92. The predicted molar refractivity (Wildman–Crippen MR) is 139 cm³/mol.